The number of aliphatic hydroxyl groups excluding tert-OH is 1. The minimum atomic E-state index is -0.318. The molecule has 2 heteroatoms. The number of aliphatic hydroxyl groups is 1. The molecule has 0 radical (unpaired) electrons. The number of rotatable bonds is 4. The van der Waals surface area contributed by atoms with E-state index >= 15 is 0 Å². The van der Waals surface area contributed by atoms with E-state index in [1.165, 1.54) is 6.08 Å². The summed E-state index contributed by atoms with van der Waals surface area (Å²) in [6, 6.07) is 0. The van der Waals surface area contributed by atoms with Gasteiger partial charge in [0, 0.05) is 0 Å². The Kier molecular flexibility index (Phi) is 4.89. The first-order valence-electron chi connectivity index (χ1n) is 2.63. The molecule has 1 N–H and O–H groups in total. The zero-order valence-electron chi connectivity index (χ0n) is 5.21. The first-order chi connectivity index (χ1) is 4.35. The van der Waals surface area contributed by atoms with Crippen LogP contribution in [0.2, 0.25) is 0 Å². The number of hydrogen-bond donors (Lipinski definition) is 1. The minimum absolute atomic E-state index is 0.0643. The second-order valence-corrected chi connectivity index (χ2v) is 1.47. The van der Waals surface area contributed by atoms with Crippen LogP contribution in [0.4, 0.5) is 0 Å². The molecule has 0 rings (SSSR count). The van der Waals surface area contributed by atoms with Gasteiger partial charge in [0.2, 0.25) is 0 Å². The molecule has 0 spiro atoms. The van der Waals surface area contributed by atoms with Crippen LogP contribution in [0.3, 0.4) is 0 Å². The first kappa shape index (κ1) is 8.22. The molecule has 0 amide bonds. The zero-order valence-corrected chi connectivity index (χ0v) is 5.21. The molecular formula is C7H10O2. The molecule has 50 valence electrons. The largest absolute Gasteiger partial charge is 0.393 e. The van der Waals surface area contributed by atoms with Crippen molar-refractivity contribution in [1.29, 1.82) is 0 Å². The summed E-state index contributed by atoms with van der Waals surface area (Å²) in [4.78, 5) is 0. The highest BCUT2D eigenvalue weighted by molar-refractivity contribution is 4.86. The van der Waals surface area contributed by atoms with Crippen molar-refractivity contribution in [2.24, 2.45) is 0 Å². The highest BCUT2D eigenvalue weighted by Crippen LogP contribution is 1.89. The van der Waals surface area contributed by atoms with Gasteiger partial charge in [-0.2, -0.15) is 0 Å². The summed E-state index contributed by atoms with van der Waals surface area (Å²) in [5.74, 6) is 2.29. The molecule has 0 saturated heterocycles. The van der Waals surface area contributed by atoms with Crippen LogP contribution in [0.5, 0.6) is 0 Å². The Hall–Kier alpha value is -0.780. The third-order valence-corrected chi connectivity index (χ3v) is 0.824. The van der Waals surface area contributed by atoms with E-state index in [0.29, 0.717) is 0 Å². The van der Waals surface area contributed by atoms with E-state index in [0.717, 1.165) is 0 Å². The second kappa shape index (κ2) is 5.36. The SMILES string of the molecule is C#CCOC(C=C)CO. The fourth-order valence-corrected chi connectivity index (χ4v) is 0.350. The topological polar surface area (TPSA) is 29.5 Å². The monoisotopic (exact) mass is 126 g/mol. The van der Waals surface area contributed by atoms with Gasteiger partial charge in [-0.1, -0.05) is 12.0 Å². The maximum absolute atomic E-state index is 8.49. The molecule has 0 aliphatic heterocycles. The predicted molar refractivity (Wildman–Crippen MR) is 35.9 cm³/mol. The van der Waals surface area contributed by atoms with Gasteiger partial charge in [0.1, 0.15) is 6.61 Å². The van der Waals surface area contributed by atoms with Crippen LogP contribution in [-0.4, -0.2) is 24.4 Å². The van der Waals surface area contributed by atoms with Gasteiger partial charge in [-0.05, 0) is 0 Å². The van der Waals surface area contributed by atoms with Crippen LogP contribution < -0.4 is 0 Å². The fourth-order valence-electron chi connectivity index (χ4n) is 0.350. The molecule has 0 bridgehead atoms. The van der Waals surface area contributed by atoms with Gasteiger partial charge in [-0.25, -0.2) is 0 Å². The van der Waals surface area contributed by atoms with Crippen molar-refractivity contribution in [1.82, 2.24) is 0 Å². The molecule has 0 aliphatic rings. The molecule has 1 unspecified atom stereocenters. The van der Waals surface area contributed by atoms with E-state index in [2.05, 4.69) is 12.5 Å². The van der Waals surface area contributed by atoms with E-state index in [1.807, 2.05) is 0 Å². The molecule has 0 aromatic heterocycles. The second-order valence-electron chi connectivity index (χ2n) is 1.47. The van der Waals surface area contributed by atoms with Gasteiger partial charge in [0.15, 0.2) is 0 Å². The summed E-state index contributed by atoms with van der Waals surface area (Å²) in [5.41, 5.74) is 0. The Bertz CT molecular complexity index is 113. The Morgan fingerprint density at radius 1 is 1.89 bits per heavy atom. The van der Waals surface area contributed by atoms with Gasteiger partial charge >= 0.3 is 0 Å². The van der Waals surface area contributed by atoms with E-state index < -0.39 is 0 Å². The van der Waals surface area contributed by atoms with E-state index in [9.17, 15) is 0 Å². The average Bonchev–Trinajstić information content (AvgIpc) is 1.91. The fraction of sp³-hybridized carbons (Fsp3) is 0.429. The lowest BCUT2D eigenvalue weighted by molar-refractivity contribution is 0.0631. The normalized spacial score (nSPS) is 12.0. The molecule has 9 heavy (non-hydrogen) atoms. The Labute approximate surface area is 55.1 Å². The summed E-state index contributed by atoms with van der Waals surface area (Å²) in [7, 11) is 0. The van der Waals surface area contributed by atoms with Crippen LogP contribution in [0, 0.1) is 12.3 Å². The van der Waals surface area contributed by atoms with Crippen LogP contribution in [0.1, 0.15) is 0 Å². The van der Waals surface area contributed by atoms with Crippen molar-refractivity contribution in [2.75, 3.05) is 13.2 Å². The molecular weight excluding hydrogens is 116 g/mol. The zero-order chi connectivity index (χ0) is 7.11. The highest BCUT2D eigenvalue weighted by atomic mass is 16.5. The van der Waals surface area contributed by atoms with Crippen LogP contribution in [0.15, 0.2) is 12.7 Å². The van der Waals surface area contributed by atoms with Crippen molar-refractivity contribution in [3.8, 4) is 12.3 Å². The van der Waals surface area contributed by atoms with Crippen molar-refractivity contribution in [2.45, 2.75) is 6.10 Å². The standard InChI is InChI=1S/C7H10O2/c1-3-5-9-7(4-2)6-8/h1,4,7-8H,2,5-6H2. The summed E-state index contributed by atoms with van der Waals surface area (Å²) in [5, 5.41) is 8.49. The molecule has 0 aromatic carbocycles. The van der Waals surface area contributed by atoms with Gasteiger partial charge in [-0.3, -0.25) is 0 Å². The Morgan fingerprint density at radius 3 is 2.89 bits per heavy atom. The molecule has 2 nitrogen and oxygen atoms in total. The summed E-state index contributed by atoms with van der Waals surface area (Å²) in [6.07, 6.45) is 6.09. The van der Waals surface area contributed by atoms with Crippen molar-refractivity contribution in [3.63, 3.8) is 0 Å². The van der Waals surface area contributed by atoms with E-state index in [4.69, 9.17) is 16.3 Å². The number of hydrogen-bond acceptors (Lipinski definition) is 2. The smallest absolute Gasteiger partial charge is 0.108 e. The number of terminal acetylenes is 1. The maximum atomic E-state index is 8.49. The minimum Gasteiger partial charge on any atom is -0.393 e. The third-order valence-electron chi connectivity index (χ3n) is 0.824. The lowest BCUT2D eigenvalue weighted by Crippen LogP contribution is -2.14. The Balaban J connectivity index is 3.33. The quantitative estimate of drug-likeness (QED) is 0.430. The first-order valence-corrected chi connectivity index (χ1v) is 2.63. The number of ether oxygens (including phenoxy) is 1. The lowest BCUT2D eigenvalue weighted by atomic mass is 10.4. The molecule has 0 aromatic rings. The molecule has 0 saturated carbocycles. The van der Waals surface area contributed by atoms with Crippen LogP contribution in [-0.2, 0) is 4.74 Å². The highest BCUT2D eigenvalue weighted by Gasteiger charge is 1.97. The Morgan fingerprint density at radius 2 is 2.56 bits per heavy atom. The van der Waals surface area contributed by atoms with E-state index in [-0.39, 0.29) is 19.3 Å². The predicted octanol–water partition coefficient (Wildman–Crippen LogP) is 0.183. The molecule has 0 aliphatic carbocycles. The van der Waals surface area contributed by atoms with Gasteiger partial charge in [0.25, 0.3) is 0 Å². The van der Waals surface area contributed by atoms with Crippen LogP contribution in [0.25, 0.3) is 0 Å². The van der Waals surface area contributed by atoms with Crippen LogP contribution >= 0.6 is 0 Å². The average molecular weight is 126 g/mol. The lowest BCUT2D eigenvalue weighted by Gasteiger charge is -2.06. The van der Waals surface area contributed by atoms with Gasteiger partial charge in [0.05, 0.1) is 12.7 Å². The van der Waals surface area contributed by atoms with Gasteiger partial charge < -0.3 is 9.84 Å². The summed E-state index contributed by atoms with van der Waals surface area (Å²) < 4.78 is 4.89. The van der Waals surface area contributed by atoms with Gasteiger partial charge in [-0.15, -0.1) is 13.0 Å². The molecule has 1 atom stereocenters. The third kappa shape index (κ3) is 3.77. The van der Waals surface area contributed by atoms with Crippen molar-refractivity contribution < 1.29 is 9.84 Å². The van der Waals surface area contributed by atoms with Crippen molar-refractivity contribution in [3.05, 3.63) is 12.7 Å². The summed E-state index contributed by atoms with van der Waals surface area (Å²) >= 11 is 0. The maximum Gasteiger partial charge on any atom is 0.108 e. The molecule has 0 heterocycles. The van der Waals surface area contributed by atoms with Crippen molar-refractivity contribution >= 4 is 0 Å². The van der Waals surface area contributed by atoms with E-state index in [1.54, 1.807) is 0 Å². The molecule has 0 fully saturated rings. The summed E-state index contributed by atoms with van der Waals surface area (Å²) in [6.45, 7) is 3.59.